The van der Waals surface area contributed by atoms with E-state index < -0.39 is 0 Å². The van der Waals surface area contributed by atoms with E-state index >= 15 is 0 Å². The van der Waals surface area contributed by atoms with Crippen molar-refractivity contribution in [3.8, 4) is 0 Å². The fraction of sp³-hybridized carbons (Fsp3) is 0.714. The predicted octanol–water partition coefficient (Wildman–Crippen LogP) is 0.464. The molecule has 10 heavy (non-hydrogen) atoms. The maximum Gasteiger partial charge on any atom is 0.0511 e. The second kappa shape index (κ2) is 3.42. The molecule has 0 saturated heterocycles. The van der Waals surface area contributed by atoms with Crippen molar-refractivity contribution in [1.82, 2.24) is 0 Å². The maximum atomic E-state index is 8.82. The van der Waals surface area contributed by atoms with Crippen LogP contribution in [0.3, 0.4) is 0 Å². The molecule has 0 fully saturated rings. The van der Waals surface area contributed by atoms with Crippen molar-refractivity contribution in [2.75, 3.05) is 19.5 Å². The molecule has 0 aliphatic heterocycles. The normalized spacial score (nSPS) is 31.3. The zero-order chi connectivity index (χ0) is 7.56. The van der Waals surface area contributed by atoms with Crippen LogP contribution >= 0.6 is 11.8 Å². The number of thioether (sulfide) groups is 1. The van der Waals surface area contributed by atoms with Crippen LogP contribution in [0.2, 0.25) is 0 Å². The largest absolute Gasteiger partial charge is 0.396 e. The van der Waals surface area contributed by atoms with Crippen molar-refractivity contribution in [2.24, 2.45) is 11.8 Å². The van der Waals surface area contributed by atoms with Gasteiger partial charge >= 0.3 is 0 Å². The third-order valence-corrected chi connectivity index (χ3v) is 2.81. The molecular formula is C7H12O2S. The van der Waals surface area contributed by atoms with Crippen LogP contribution in [-0.2, 0) is 0 Å². The third kappa shape index (κ3) is 1.21. The van der Waals surface area contributed by atoms with Gasteiger partial charge in [-0.05, 0) is 11.2 Å². The van der Waals surface area contributed by atoms with Gasteiger partial charge in [0.2, 0.25) is 0 Å². The average molecular weight is 160 g/mol. The number of aliphatic hydroxyl groups is 2. The Morgan fingerprint density at radius 2 is 2.20 bits per heavy atom. The fourth-order valence-corrected chi connectivity index (χ4v) is 2.03. The minimum absolute atomic E-state index is 0.162. The first kappa shape index (κ1) is 8.11. The summed E-state index contributed by atoms with van der Waals surface area (Å²) in [6, 6.07) is 0. The molecule has 0 aromatic rings. The first-order valence-electron chi connectivity index (χ1n) is 3.31. The van der Waals surface area contributed by atoms with E-state index in [2.05, 4.69) is 0 Å². The highest BCUT2D eigenvalue weighted by Gasteiger charge is 2.30. The molecule has 2 N–H and O–H groups in total. The molecular weight excluding hydrogens is 148 g/mol. The first-order chi connectivity index (χ1) is 4.83. The fourth-order valence-electron chi connectivity index (χ4n) is 1.17. The minimum atomic E-state index is 0.162. The molecule has 0 amide bonds. The molecule has 58 valence electrons. The second-order valence-electron chi connectivity index (χ2n) is 2.41. The monoisotopic (exact) mass is 160 g/mol. The molecule has 0 radical (unpaired) electrons. The Labute approximate surface area is 64.9 Å². The minimum Gasteiger partial charge on any atom is -0.396 e. The summed E-state index contributed by atoms with van der Waals surface area (Å²) in [4.78, 5) is 1.21. The molecule has 1 aliphatic carbocycles. The summed E-state index contributed by atoms with van der Waals surface area (Å²) in [5.74, 6) is 0.410. The van der Waals surface area contributed by atoms with Gasteiger partial charge in [0, 0.05) is 11.8 Å². The van der Waals surface area contributed by atoms with E-state index in [1.807, 2.05) is 12.3 Å². The van der Waals surface area contributed by atoms with E-state index in [4.69, 9.17) is 10.2 Å². The van der Waals surface area contributed by atoms with Gasteiger partial charge in [-0.1, -0.05) is 6.08 Å². The first-order valence-corrected chi connectivity index (χ1v) is 4.53. The molecule has 0 aromatic heterocycles. The van der Waals surface area contributed by atoms with Crippen LogP contribution in [0.4, 0.5) is 0 Å². The van der Waals surface area contributed by atoms with Gasteiger partial charge in [0.15, 0.2) is 0 Å². The van der Waals surface area contributed by atoms with Gasteiger partial charge in [0.1, 0.15) is 0 Å². The Kier molecular flexibility index (Phi) is 2.77. The van der Waals surface area contributed by atoms with Crippen LogP contribution in [0.1, 0.15) is 0 Å². The topological polar surface area (TPSA) is 40.5 Å². The lowest BCUT2D eigenvalue weighted by molar-refractivity contribution is 0.151. The Morgan fingerprint density at radius 1 is 1.50 bits per heavy atom. The summed E-state index contributed by atoms with van der Waals surface area (Å²) < 4.78 is 0. The zero-order valence-electron chi connectivity index (χ0n) is 5.95. The van der Waals surface area contributed by atoms with Crippen molar-refractivity contribution in [3.05, 3.63) is 11.0 Å². The van der Waals surface area contributed by atoms with Crippen molar-refractivity contribution >= 4 is 11.8 Å². The molecule has 0 spiro atoms. The average Bonchev–Trinajstić information content (AvgIpc) is 1.89. The van der Waals surface area contributed by atoms with E-state index in [0.717, 1.165) is 0 Å². The highest BCUT2D eigenvalue weighted by Crippen LogP contribution is 2.38. The third-order valence-electron chi connectivity index (χ3n) is 1.90. The predicted molar refractivity (Wildman–Crippen MR) is 42.7 cm³/mol. The van der Waals surface area contributed by atoms with Crippen molar-refractivity contribution < 1.29 is 10.2 Å². The van der Waals surface area contributed by atoms with Gasteiger partial charge in [-0.15, -0.1) is 11.8 Å². The smallest absolute Gasteiger partial charge is 0.0511 e. The molecule has 1 rings (SSSR count). The molecule has 3 heteroatoms. The van der Waals surface area contributed by atoms with Crippen LogP contribution in [0, 0.1) is 11.8 Å². The number of aliphatic hydroxyl groups excluding tert-OH is 2. The number of hydrogen-bond donors (Lipinski definition) is 2. The number of rotatable bonds is 3. The van der Waals surface area contributed by atoms with Gasteiger partial charge in [-0.25, -0.2) is 0 Å². The Hall–Kier alpha value is 0.01000. The van der Waals surface area contributed by atoms with Gasteiger partial charge < -0.3 is 10.2 Å². The summed E-state index contributed by atoms with van der Waals surface area (Å²) in [6.45, 7) is 0.327. The Balaban J connectivity index is 2.48. The van der Waals surface area contributed by atoms with Gasteiger partial charge in [-0.3, -0.25) is 0 Å². The quantitative estimate of drug-likeness (QED) is 0.630. The van der Waals surface area contributed by atoms with Crippen molar-refractivity contribution in [3.63, 3.8) is 0 Å². The molecule has 2 unspecified atom stereocenters. The molecule has 0 saturated carbocycles. The lowest BCUT2D eigenvalue weighted by Gasteiger charge is -2.32. The summed E-state index contributed by atoms with van der Waals surface area (Å²) in [5.41, 5.74) is 0. The van der Waals surface area contributed by atoms with Crippen LogP contribution < -0.4 is 0 Å². The zero-order valence-corrected chi connectivity index (χ0v) is 6.77. The van der Waals surface area contributed by atoms with Gasteiger partial charge in [0.05, 0.1) is 13.2 Å². The molecule has 0 bridgehead atoms. The van der Waals surface area contributed by atoms with E-state index in [1.54, 1.807) is 11.8 Å². The van der Waals surface area contributed by atoms with E-state index in [1.165, 1.54) is 4.91 Å². The van der Waals surface area contributed by atoms with Crippen LogP contribution in [0.5, 0.6) is 0 Å². The highest BCUT2D eigenvalue weighted by atomic mass is 32.2. The van der Waals surface area contributed by atoms with Crippen molar-refractivity contribution in [1.29, 1.82) is 0 Å². The van der Waals surface area contributed by atoms with E-state index in [0.29, 0.717) is 0 Å². The van der Waals surface area contributed by atoms with E-state index in [9.17, 15) is 0 Å². The second-order valence-corrected chi connectivity index (χ2v) is 3.29. The summed E-state index contributed by atoms with van der Waals surface area (Å²) in [6.07, 6.45) is 4.01. The van der Waals surface area contributed by atoms with Crippen LogP contribution in [-0.4, -0.2) is 29.7 Å². The van der Waals surface area contributed by atoms with E-state index in [-0.39, 0.29) is 25.0 Å². The Morgan fingerprint density at radius 3 is 2.60 bits per heavy atom. The van der Waals surface area contributed by atoms with Gasteiger partial charge in [-0.2, -0.15) is 0 Å². The standard InChI is InChI=1S/C7H12O2S/c1-10-7-2-5(3-8)6(7)4-9/h2,5-6,8-9H,3-4H2,1H3. The summed E-state index contributed by atoms with van der Waals surface area (Å²) >= 11 is 1.65. The number of hydrogen-bond acceptors (Lipinski definition) is 3. The SMILES string of the molecule is CSC1=CC(CO)C1CO. The van der Waals surface area contributed by atoms with Crippen LogP contribution in [0.15, 0.2) is 11.0 Å². The summed E-state index contributed by atoms with van der Waals surface area (Å²) in [5, 5.41) is 17.6. The molecule has 1 aliphatic rings. The van der Waals surface area contributed by atoms with Gasteiger partial charge in [0.25, 0.3) is 0 Å². The highest BCUT2D eigenvalue weighted by molar-refractivity contribution is 8.02. The molecule has 0 aromatic carbocycles. The molecule has 2 nitrogen and oxygen atoms in total. The summed E-state index contributed by atoms with van der Waals surface area (Å²) in [7, 11) is 0. The Bertz CT molecular complexity index is 145. The molecule has 0 heterocycles. The lowest BCUT2D eigenvalue weighted by Crippen LogP contribution is -2.29. The maximum absolute atomic E-state index is 8.82. The lowest BCUT2D eigenvalue weighted by atomic mass is 9.83. The molecule has 2 atom stereocenters. The van der Waals surface area contributed by atoms with Crippen LogP contribution in [0.25, 0.3) is 0 Å². The van der Waals surface area contributed by atoms with Crippen molar-refractivity contribution in [2.45, 2.75) is 0 Å².